The van der Waals surface area contributed by atoms with Crippen LogP contribution in [0.1, 0.15) is 62.7 Å². The van der Waals surface area contributed by atoms with Gasteiger partial charge in [0.25, 0.3) is 11.8 Å². The first-order chi connectivity index (χ1) is 14.3. The number of imide groups is 1. The molecule has 8 heteroatoms. The van der Waals surface area contributed by atoms with E-state index >= 15 is 0 Å². The Morgan fingerprint density at radius 3 is 2.33 bits per heavy atom. The van der Waals surface area contributed by atoms with Gasteiger partial charge in [0.15, 0.2) is 6.61 Å². The van der Waals surface area contributed by atoms with Gasteiger partial charge in [-0.15, -0.1) is 0 Å². The molecule has 2 atom stereocenters. The van der Waals surface area contributed by atoms with Crippen LogP contribution in [0.15, 0.2) is 24.3 Å². The Labute approximate surface area is 181 Å². The predicted molar refractivity (Wildman–Crippen MR) is 113 cm³/mol. The fourth-order valence-corrected chi connectivity index (χ4v) is 3.49. The van der Waals surface area contributed by atoms with Crippen LogP contribution in [0.5, 0.6) is 0 Å². The highest BCUT2D eigenvalue weighted by atomic mass is 35.5. The van der Waals surface area contributed by atoms with Crippen molar-refractivity contribution in [1.82, 2.24) is 10.6 Å². The van der Waals surface area contributed by atoms with Gasteiger partial charge in [-0.2, -0.15) is 0 Å². The van der Waals surface area contributed by atoms with Crippen molar-refractivity contribution in [2.45, 2.75) is 58.4 Å². The molecule has 7 nitrogen and oxygen atoms in total. The molecule has 1 aliphatic carbocycles. The second-order valence-electron chi connectivity index (χ2n) is 7.70. The number of halogens is 1. The second-order valence-corrected chi connectivity index (χ2v) is 8.14. The van der Waals surface area contributed by atoms with Crippen molar-refractivity contribution in [2.75, 3.05) is 6.61 Å². The van der Waals surface area contributed by atoms with Gasteiger partial charge >= 0.3 is 5.97 Å². The van der Waals surface area contributed by atoms with Crippen molar-refractivity contribution in [1.29, 1.82) is 0 Å². The van der Waals surface area contributed by atoms with E-state index in [-0.39, 0.29) is 17.7 Å². The third-order valence-electron chi connectivity index (χ3n) is 5.44. The lowest BCUT2D eigenvalue weighted by Crippen LogP contribution is -2.47. The zero-order chi connectivity index (χ0) is 22.1. The fourth-order valence-electron chi connectivity index (χ4n) is 3.36. The minimum absolute atomic E-state index is 0.162. The largest absolute Gasteiger partial charge is 0.454 e. The molecule has 2 unspecified atom stereocenters. The Morgan fingerprint density at radius 1 is 1.10 bits per heavy atom. The molecule has 1 fully saturated rings. The maximum atomic E-state index is 12.5. The monoisotopic (exact) mass is 436 g/mol. The maximum absolute atomic E-state index is 12.5. The number of esters is 1. The molecule has 2 rings (SSSR count). The molecule has 0 radical (unpaired) electrons. The summed E-state index contributed by atoms with van der Waals surface area (Å²) in [5, 5.41) is 5.47. The van der Waals surface area contributed by atoms with Crippen LogP contribution >= 0.6 is 11.6 Å². The minimum Gasteiger partial charge on any atom is -0.454 e. The molecule has 1 saturated carbocycles. The molecule has 0 aromatic heterocycles. The average molecular weight is 437 g/mol. The lowest BCUT2D eigenvalue weighted by Gasteiger charge is -2.23. The normalized spacial score (nSPS) is 16.2. The molecule has 30 heavy (non-hydrogen) atoms. The number of rotatable bonds is 8. The van der Waals surface area contributed by atoms with Crippen LogP contribution in [0.25, 0.3) is 0 Å². The van der Waals surface area contributed by atoms with Crippen LogP contribution in [-0.4, -0.2) is 36.3 Å². The quantitative estimate of drug-likeness (QED) is 0.609. The molecule has 1 aromatic carbocycles. The molecule has 0 aliphatic heterocycles. The van der Waals surface area contributed by atoms with Crippen LogP contribution in [-0.2, 0) is 19.1 Å². The summed E-state index contributed by atoms with van der Waals surface area (Å²) in [5.74, 6) is -2.50. The van der Waals surface area contributed by atoms with Gasteiger partial charge in [0.05, 0.1) is 0 Å². The Kier molecular flexibility index (Phi) is 9.30. The summed E-state index contributed by atoms with van der Waals surface area (Å²) in [6.45, 7) is 3.12. The molecule has 164 valence electrons. The van der Waals surface area contributed by atoms with E-state index in [2.05, 4.69) is 10.6 Å². The fraction of sp³-hybridized carbons (Fsp3) is 0.545. The lowest BCUT2D eigenvalue weighted by molar-refractivity contribution is -0.152. The molecule has 0 saturated heterocycles. The van der Waals surface area contributed by atoms with Gasteiger partial charge in [-0.25, -0.2) is 4.79 Å². The van der Waals surface area contributed by atoms with Crippen molar-refractivity contribution >= 4 is 35.3 Å². The van der Waals surface area contributed by atoms with Gasteiger partial charge in [-0.1, -0.05) is 51.1 Å². The molecule has 0 bridgehead atoms. The Morgan fingerprint density at radius 2 is 1.73 bits per heavy atom. The highest BCUT2D eigenvalue weighted by molar-refractivity contribution is 6.30. The lowest BCUT2D eigenvalue weighted by atomic mass is 9.89. The van der Waals surface area contributed by atoms with Gasteiger partial charge < -0.3 is 10.1 Å². The number of carbonyl (C=O) groups excluding carboxylic acids is 4. The van der Waals surface area contributed by atoms with Crippen molar-refractivity contribution in [3.8, 4) is 0 Å². The zero-order valence-corrected chi connectivity index (χ0v) is 18.2. The van der Waals surface area contributed by atoms with Gasteiger partial charge in [0, 0.05) is 16.5 Å². The first-order valence-corrected chi connectivity index (χ1v) is 10.8. The number of amides is 3. The first-order valence-electron chi connectivity index (χ1n) is 10.4. The summed E-state index contributed by atoms with van der Waals surface area (Å²) >= 11 is 5.83. The van der Waals surface area contributed by atoms with Crippen LogP contribution < -0.4 is 10.6 Å². The first kappa shape index (κ1) is 23.9. The van der Waals surface area contributed by atoms with Crippen LogP contribution in [0, 0.1) is 11.8 Å². The van der Waals surface area contributed by atoms with Crippen molar-refractivity contribution in [3.63, 3.8) is 0 Å². The molecule has 1 aromatic rings. The molecule has 1 aliphatic rings. The SMILES string of the molecule is CCC(C)C(NC(=O)c1ccc(Cl)cc1)C(=O)OCC(=O)NC(=O)C1CCCCC1. The number of benzene rings is 1. The maximum Gasteiger partial charge on any atom is 0.329 e. The molecule has 3 amide bonds. The third kappa shape index (κ3) is 7.13. The Balaban J connectivity index is 1.89. The number of hydrogen-bond acceptors (Lipinski definition) is 5. The molecule has 0 heterocycles. The van der Waals surface area contributed by atoms with E-state index < -0.39 is 30.4 Å². The van der Waals surface area contributed by atoms with Gasteiger partial charge in [0.2, 0.25) is 5.91 Å². The van der Waals surface area contributed by atoms with Crippen LogP contribution in [0.4, 0.5) is 0 Å². The number of carbonyl (C=O) groups is 4. The van der Waals surface area contributed by atoms with E-state index in [0.717, 1.165) is 32.1 Å². The van der Waals surface area contributed by atoms with Crippen molar-refractivity contribution in [2.24, 2.45) is 11.8 Å². The number of hydrogen-bond donors (Lipinski definition) is 2. The number of nitrogens with one attached hydrogen (secondary N) is 2. The molecular weight excluding hydrogens is 408 g/mol. The molecular formula is C22H29ClN2O5. The zero-order valence-electron chi connectivity index (χ0n) is 17.4. The summed E-state index contributed by atoms with van der Waals surface area (Å²) < 4.78 is 5.09. The van der Waals surface area contributed by atoms with Gasteiger partial charge in [0.1, 0.15) is 6.04 Å². The topological polar surface area (TPSA) is 102 Å². The van der Waals surface area contributed by atoms with Crippen molar-refractivity contribution < 1.29 is 23.9 Å². The van der Waals surface area contributed by atoms with Gasteiger partial charge in [-0.05, 0) is 43.0 Å². The highest BCUT2D eigenvalue weighted by Crippen LogP contribution is 2.23. The summed E-state index contributed by atoms with van der Waals surface area (Å²) in [7, 11) is 0. The number of ether oxygens (including phenoxy) is 1. The van der Waals surface area contributed by atoms with Crippen LogP contribution in [0.3, 0.4) is 0 Å². The highest BCUT2D eigenvalue weighted by Gasteiger charge is 2.29. The van der Waals surface area contributed by atoms with Crippen LogP contribution in [0.2, 0.25) is 5.02 Å². The van der Waals surface area contributed by atoms with E-state index in [1.165, 1.54) is 0 Å². The smallest absolute Gasteiger partial charge is 0.329 e. The van der Waals surface area contributed by atoms with Gasteiger partial charge in [-0.3, -0.25) is 19.7 Å². The van der Waals surface area contributed by atoms with Crippen molar-refractivity contribution in [3.05, 3.63) is 34.9 Å². The molecule has 2 N–H and O–H groups in total. The third-order valence-corrected chi connectivity index (χ3v) is 5.70. The standard InChI is InChI=1S/C22H29ClN2O5/c1-3-14(2)19(25-21(28)16-9-11-17(23)12-10-16)22(29)30-13-18(26)24-20(27)15-7-5-4-6-8-15/h9-12,14-15,19H,3-8,13H2,1-2H3,(H,25,28)(H,24,26,27). The Hall–Kier alpha value is -2.41. The van der Waals surface area contributed by atoms with E-state index in [9.17, 15) is 19.2 Å². The van der Waals surface area contributed by atoms with E-state index in [1.807, 2.05) is 6.92 Å². The van der Waals surface area contributed by atoms with E-state index in [4.69, 9.17) is 16.3 Å². The predicted octanol–water partition coefficient (Wildman–Crippen LogP) is 3.25. The minimum atomic E-state index is -0.917. The summed E-state index contributed by atoms with van der Waals surface area (Å²) in [4.78, 5) is 49.2. The second kappa shape index (κ2) is 11.7. The van der Waals surface area contributed by atoms with E-state index in [1.54, 1.807) is 31.2 Å². The Bertz CT molecular complexity index is 759. The summed E-state index contributed by atoms with van der Waals surface area (Å²) in [6.07, 6.45) is 5.22. The summed E-state index contributed by atoms with van der Waals surface area (Å²) in [5.41, 5.74) is 0.358. The molecule has 0 spiro atoms. The summed E-state index contributed by atoms with van der Waals surface area (Å²) in [6, 6.07) is 5.36. The van der Waals surface area contributed by atoms with E-state index in [0.29, 0.717) is 17.0 Å². The average Bonchev–Trinajstić information content (AvgIpc) is 2.76.